The number of non-ortho nitro benzene ring substituents is 1. The fourth-order valence-electron chi connectivity index (χ4n) is 2.04. The number of carbonyl (C=O) groups is 1. The lowest BCUT2D eigenvalue weighted by Crippen LogP contribution is -2.15. The van der Waals surface area contributed by atoms with Crippen molar-refractivity contribution in [2.45, 2.75) is 32.0 Å². The van der Waals surface area contributed by atoms with Gasteiger partial charge in [-0.2, -0.15) is 0 Å². The molecule has 0 aliphatic carbocycles. The van der Waals surface area contributed by atoms with E-state index in [1.165, 1.54) is 30.0 Å². The van der Waals surface area contributed by atoms with Crippen LogP contribution >= 0.6 is 23.4 Å². The molecule has 10 heteroatoms. The highest BCUT2D eigenvalue weighted by Crippen LogP contribution is 2.27. The molecular formula is C14H16ClN5O3S. The van der Waals surface area contributed by atoms with Crippen LogP contribution in [-0.2, 0) is 17.8 Å². The Bertz CT molecular complexity index is 765. The maximum absolute atomic E-state index is 12.1. The van der Waals surface area contributed by atoms with Crippen molar-refractivity contribution >= 4 is 40.6 Å². The average Bonchev–Trinajstić information content (AvgIpc) is 2.96. The summed E-state index contributed by atoms with van der Waals surface area (Å²) in [5.41, 5.74) is 0.0725. The molecule has 1 aromatic heterocycles. The number of nitrogens with zero attached hydrogens (tertiary/aromatic N) is 4. The molecule has 0 bridgehead atoms. The van der Waals surface area contributed by atoms with Crippen LogP contribution in [0, 0.1) is 10.1 Å². The number of hydrogen-bond donors (Lipinski definition) is 1. The van der Waals surface area contributed by atoms with Gasteiger partial charge in [0.05, 0.1) is 21.4 Å². The number of halogens is 1. The molecular weight excluding hydrogens is 354 g/mol. The van der Waals surface area contributed by atoms with Gasteiger partial charge in [0.1, 0.15) is 5.82 Å². The summed E-state index contributed by atoms with van der Waals surface area (Å²) < 4.78 is 1.94. The lowest BCUT2D eigenvalue weighted by molar-refractivity contribution is -0.384. The molecule has 0 saturated carbocycles. The second-order valence-corrected chi connectivity index (χ2v) is 6.10. The molecule has 0 unspecified atom stereocenters. The van der Waals surface area contributed by atoms with Gasteiger partial charge in [0.2, 0.25) is 5.91 Å². The molecule has 24 heavy (non-hydrogen) atoms. The number of aromatic nitrogens is 3. The quantitative estimate of drug-likeness (QED) is 0.457. The van der Waals surface area contributed by atoms with Crippen molar-refractivity contribution in [2.24, 2.45) is 0 Å². The Morgan fingerprint density at radius 2 is 2.17 bits per heavy atom. The summed E-state index contributed by atoms with van der Waals surface area (Å²) in [7, 11) is 0. The van der Waals surface area contributed by atoms with Crippen LogP contribution in [0.5, 0.6) is 0 Å². The van der Waals surface area contributed by atoms with Gasteiger partial charge in [-0.05, 0) is 13.0 Å². The van der Waals surface area contributed by atoms with Crippen LogP contribution < -0.4 is 5.32 Å². The van der Waals surface area contributed by atoms with E-state index in [0.29, 0.717) is 5.16 Å². The van der Waals surface area contributed by atoms with Crippen molar-refractivity contribution in [3.05, 3.63) is 39.2 Å². The third kappa shape index (κ3) is 4.24. The zero-order valence-corrected chi connectivity index (χ0v) is 14.7. The number of amides is 1. The summed E-state index contributed by atoms with van der Waals surface area (Å²) >= 11 is 7.21. The SMILES string of the molecule is CCc1nnc(SCC(=O)Nc2cc([N+](=O)[O-])ccc2Cl)n1CC. The molecule has 0 aliphatic rings. The topological polar surface area (TPSA) is 103 Å². The number of benzene rings is 1. The van der Waals surface area contributed by atoms with E-state index >= 15 is 0 Å². The Morgan fingerprint density at radius 1 is 1.42 bits per heavy atom. The van der Waals surface area contributed by atoms with E-state index in [-0.39, 0.29) is 28.1 Å². The van der Waals surface area contributed by atoms with Gasteiger partial charge >= 0.3 is 0 Å². The standard InChI is InChI=1S/C14H16ClN5O3S/c1-3-12-17-18-14(19(12)4-2)24-8-13(21)16-11-7-9(20(22)23)5-6-10(11)15/h5-7H,3-4,8H2,1-2H3,(H,16,21). The van der Waals surface area contributed by atoms with Crippen LogP contribution in [-0.4, -0.2) is 31.3 Å². The summed E-state index contributed by atoms with van der Waals surface area (Å²) in [5, 5.41) is 22.4. The Labute approximate surface area is 147 Å². The van der Waals surface area contributed by atoms with Crippen LogP contribution in [0.25, 0.3) is 0 Å². The van der Waals surface area contributed by atoms with Gasteiger partial charge in [-0.1, -0.05) is 30.3 Å². The summed E-state index contributed by atoms with van der Waals surface area (Å²) in [6.07, 6.45) is 0.761. The van der Waals surface area contributed by atoms with E-state index in [1.54, 1.807) is 0 Å². The van der Waals surface area contributed by atoms with Crippen LogP contribution in [0.4, 0.5) is 11.4 Å². The predicted octanol–water partition coefficient (Wildman–Crippen LogP) is 3.15. The zero-order chi connectivity index (χ0) is 17.7. The number of nitro groups is 1. The Hall–Kier alpha value is -2.13. The van der Waals surface area contributed by atoms with Gasteiger partial charge in [-0.3, -0.25) is 14.9 Å². The normalized spacial score (nSPS) is 10.6. The minimum atomic E-state index is -0.545. The number of nitrogens with one attached hydrogen (secondary N) is 1. The van der Waals surface area contributed by atoms with E-state index in [4.69, 9.17) is 11.6 Å². The molecule has 1 N–H and O–H groups in total. The van der Waals surface area contributed by atoms with Crippen molar-refractivity contribution in [1.29, 1.82) is 0 Å². The van der Waals surface area contributed by atoms with Gasteiger partial charge in [-0.25, -0.2) is 0 Å². The highest BCUT2D eigenvalue weighted by Gasteiger charge is 2.15. The molecule has 0 atom stereocenters. The molecule has 0 radical (unpaired) electrons. The number of nitro benzene ring substituents is 1. The fraction of sp³-hybridized carbons (Fsp3) is 0.357. The van der Waals surface area contributed by atoms with Crippen LogP contribution in [0.2, 0.25) is 5.02 Å². The molecule has 2 rings (SSSR count). The second kappa shape index (κ2) is 8.11. The lowest BCUT2D eigenvalue weighted by Gasteiger charge is -2.08. The van der Waals surface area contributed by atoms with E-state index < -0.39 is 4.92 Å². The van der Waals surface area contributed by atoms with Crippen molar-refractivity contribution in [2.75, 3.05) is 11.1 Å². The molecule has 128 valence electrons. The number of carbonyl (C=O) groups excluding carboxylic acids is 1. The Kier molecular flexibility index (Phi) is 6.16. The molecule has 0 spiro atoms. The Morgan fingerprint density at radius 3 is 2.79 bits per heavy atom. The smallest absolute Gasteiger partial charge is 0.271 e. The molecule has 1 aromatic carbocycles. The maximum atomic E-state index is 12.1. The monoisotopic (exact) mass is 369 g/mol. The maximum Gasteiger partial charge on any atom is 0.271 e. The second-order valence-electron chi connectivity index (χ2n) is 4.75. The first kappa shape index (κ1) is 18.2. The number of aryl methyl sites for hydroxylation is 1. The van der Waals surface area contributed by atoms with E-state index in [1.807, 2.05) is 18.4 Å². The van der Waals surface area contributed by atoms with Crippen LogP contribution in [0.15, 0.2) is 23.4 Å². The zero-order valence-electron chi connectivity index (χ0n) is 13.2. The molecule has 0 saturated heterocycles. The minimum Gasteiger partial charge on any atom is -0.324 e. The number of anilines is 1. The van der Waals surface area contributed by atoms with Gasteiger partial charge in [0.15, 0.2) is 5.16 Å². The third-order valence-corrected chi connectivity index (χ3v) is 4.49. The predicted molar refractivity (Wildman–Crippen MR) is 92.5 cm³/mol. The average molecular weight is 370 g/mol. The van der Waals surface area contributed by atoms with Gasteiger partial charge < -0.3 is 9.88 Å². The summed E-state index contributed by atoms with van der Waals surface area (Å²) in [6, 6.07) is 3.89. The van der Waals surface area contributed by atoms with Gasteiger partial charge in [0, 0.05) is 25.1 Å². The highest BCUT2D eigenvalue weighted by molar-refractivity contribution is 7.99. The van der Waals surface area contributed by atoms with E-state index in [9.17, 15) is 14.9 Å². The van der Waals surface area contributed by atoms with Crippen molar-refractivity contribution in [3.8, 4) is 0 Å². The first-order valence-electron chi connectivity index (χ1n) is 7.24. The first-order valence-corrected chi connectivity index (χ1v) is 8.61. The Balaban J connectivity index is 2.03. The molecule has 8 nitrogen and oxygen atoms in total. The van der Waals surface area contributed by atoms with Gasteiger partial charge in [-0.15, -0.1) is 10.2 Å². The highest BCUT2D eigenvalue weighted by atomic mass is 35.5. The number of thioether (sulfide) groups is 1. The lowest BCUT2D eigenvalue weighted by atomic mass is 10.3. The van der Waals surface area contributed by atoms with E-state index in [2.05, 4.69) is 15.5 Å². The summed E-state index contributed by atoms with van der Waals surface area (Å²) in [6.45, 7) is 4.69. The molecule has 2 aromatic rings. The number of hydrogen-bond acceptors (Lipinski definition) is 6. The first-order chi connectivity index (χ1) is 11.5. The van der Waals surface area contributed by atoms with Crippen molar-refractivity contribution in [1.82, 2.24) is 14.8 Å². The third-order valence-electron chi connectivity index (χ3n) is 3.19. The summed E-state index contributed by atoms with van der Waals surface area (Å²) in [4.78, 5) is 22.3. The molecule has 1 amide bonds. The number of rotatable bonds is 7. The fourth-order valence-corrected chi connectivity index (χ4v) is 3.03. The van der Waals surface area contributed by atoms with Crippen molar-refractivity contribution < 1.29 is 9.72 Å². The molecule has 0 fully saturated rings. The van der Waals surface area contributed by atoms with E-state index in [0.717, 1.165) is 18.8 Å². The van der Waals surface area contributed by atoms with Crippen LogP contribution in [0.1, 0.15) is 19.7 Å². The van der Waals surface area contributed by atoms with Crippen molar-refractivity contribution in [3.63, 3.8) is 0 Å². The summed E-state index contributed by atoms with van der Waals surface area (Å²) in [5.74, 6) is 0.633. The van der Waals surface area contributed by atoms with Gasteiger partial charge in [0.25, 0.3) is 5.69 Å². The minimum absolute atomic E-state index is 0.0981. The largest absolute Gasteiger partial charge is 0.324 e. The molecule has 1 heterocycles. The molecule has 0 aliphatic heterocycles. The van der Waals surface area contributed by atoms with Crippen LogP contribution in [0.3, 0.4) is 0 Å².